The molecule has 1 aromatic heterocycles. The number of hydrogen-bond donors (Lipinski definition) is 1. The third-order valence-corrected chi connectivity index (χ3v) is 4.17. The standard InChI is InChI=1S/C18H19N3O3/c22-7-10-24-14-1-2-16-15(12-14)18(20-16)13-3-4-19-17(11-13)21-5-8-23-9-6-21/h1-4,11-12,22H,5-10H2. The van der Waals surface area contributed by atoms with Crippen molar-refractivity contribution in [1.29, 1.82) is 0 Å². The summed E-state index contributed by atoms with van der Waals surface area (Å²) in [5.41, 5.74) is 4.05. The monoisotopic (exact) mass is 325 g/mol. The summed E-state index contributed by atoms with van der Waals surface area (Å²) in [4.78, 5) is 11.3. The van der Waals surface area contributed by atoms with E-state index in [1.165, 1.54) is 0 Å². The minimum Gasteiger partial charge on any atom is -0.491 e. The van der Waals surface area contributed by atoms with Crippen LogP contribution in [0.5, 0.6) is 5.75 Å². The topological polar surface area (TPSA) is 67.2 Å². The number of benzene rings is 1. The first-order chi connectivity index (χ1) is 11.8. The number of rotatable bonds is 5. The lowest BCUT2D eigenvalue weighted by atomic mass is 9.96. The van der Waals surface area contributed by atoms with Crippen LogP contribution in [-0.2, 0) is 4.74 Å². The van der Waals surface area contributed by atoms with E-state index in [2.05, 4.69) is 20.9 Å². The van der Waals surface area contributed by atoms with Crippen LogP contribution in [0.2, 0.25) is 0 Å². The molecule has 0 bridgehead atoms. The van der Waals surface area contributed by atoms with Gasteiger partial charge in [-0.2, -0.15) is 0 Å². The largest absolute Gasteiger partial charge is 0.491 e. The van der Waals surface area contributed by atoms with E-state index in [0.29, 0.717) is 6.61 Å². The van der Waals surface area contributed by atoms with E-state index in [1.807, 2.05) is 30.5 Å². The van der Waals surface area contributed by atoms with E-state index in [4.69, 9.17) is 14.6 Å². The van der Waals surface area contributed by atoms with Gasteiger partial charge in [0.2, 0.25) is 0 Å². The fourth-order valence-corrected chi connectivity index (χ4v) is 2.93. The zero-order valence-corrected chi connectivity index (χ0v) is 13.3. The molecule has 1 saturated heterocycles. The molecule has 1 N–H and O–H groups in total. The number of hydrogen-bond acceptors (Lipinski definition) is 6. The van der Waals surface area contributed by atoms with Gasteiger partial charge in [-0.15, -0.1) is 0 Å². The molecule has 124 valence electrons. The number of aromatic nitrogens is 1. The van der Waals surface area contributed by atoms with Crippen LogP contribution >= 0.6 is 0 Å². The van der Waals surface area contributed by atoms with Crippen LogP contribution in [0.15, 0.2) is 41.5 Å². The molecule has 1 aromatic carbocycles. The molecule has 0 amide bonds. The summed E-state index contributed by atoms with van der Waals surface area (Å²) in [6.45, 7) is 3.49. The van der Waals surface area contributed by atoms with Crippen molar-refractivity contribution >= 4 is 17.2 Å². The molecule has 3 heterocycles. The van der Waals surface area contributed by atoms with Crippen LogP contribution in [0.25, 0.3) is 0 Å². The number of nitrogens with zero attached hydrogens (tertiary/aromatic N) is 3. The Morgan fingerprint density at radius 2 is 2.04 bits per heavy atom. The lowest BCUT2D eigenvalue weighted by Gasteiger charge is -2.28. The van der Waals surface area contributed by atoms with E-state index in [1.54, 1.807) is 0 Å². The Balaban J connectivity index is 1.57. The molecule has 0 aliphatic carbocycles. The summed E-state index contributed by atoms with van der Waals surface area (Å²) in [5.74, 6) is 1.71. The number of morpholine rings is 1. The molecule has 2 aromatic rings. The first-order valence-electron chi connectivity index (χ1n) is 8.11. The first kappa shape index (κ1) is 15.1. The second kappa shape index (κ2) is 6.59. The fraction of sp³-hybridized carbons (Fsp3) is 0.333. The summed E-state index contributed by atoms with van der Waals surface area (Å²) in [6.07, 6.45) is 1.83. The normalized spacial score (nSPS) is 16.2. The minimum atomic E-state index is 0.00525. The molecular weight excluding hydrogens is 306 g/mol. The van der Waals surface area contributed by atoms with Crippen LogP contribution < -0.4 is 9.64 Å². The highest BCUT2D eigenvalue weighted by molar-refractivity contribution is 6.22. The third-order valence-electron chi connectivity index (χ3n) is 4.17. The van der Waals surface area contributed by atoms with Crippen LogP contribution in [0.4, 0.5) is 11.5 Å². The molecule has 1 fully saturated rings. The lowest BCUT2D eigenvalue weighted by molar-refractivity contribution is 0.122. The number of ether oxygens (including phenoxy) is 2. The van der Waals surface area contributed by atoms with Crippen LogP contribution in [0.1, 0.15) is 11.1 Å². The Morgan fingerprint density at radius 3 is 2.88 bits per heavy atom. The van der Waals surface area contributed by atoms with E-state index < -0.39 is 0 Å². The summed E-state index contributed by atoms with van der Waals surface area (Å²) < 4.78 is 10.9. The first-order valence-corrected chi connectivity index (χ1v) is 8.11. The molecule has 0 spiro atoms. The quantitative estimate of drug-likeness (QED) is 0.774. The zero-order chi connectivity index (χ0) is 16.4. The summed E-state index contributed by atoms with van der Waals surface area (Å²) in [5, 5.41) is 8.88. The molecule has 0 atom stereocenters. The van der Waals surface area contributed by atoms with Crippen molar-refractivity contribution in [3.05, 3.63) is 47.7 Å². The molecule has 0 radical (unpaired) electrons. The Morgan fingerprint density at radius 1 is 1.17 bits per heavy atom. The average Bonchev–Trinajstić information content (AvgIpc) is 2.63. The highest BCUT2D eigenvalue weighted by Gasteiger charge is 2.22. The van der Waals surface area contributed by atoms with E-state index >= 15 is 0 Å². The van der Waals surface area contributed by atoms with E-state index in [-0.39, 0.29) is 6.61 Å². The Bertz CT molecular complexity index is 770. The smallest absolute Gasteiger partial charge is 0.129 e. The second-order valence-corrected chi connectivity index (χ2v) is 5.71. The highest BCUT2D eigenvalue weighted by Crippen LogP contribution is 2.36. The molecule has 4 rings (SSSR count). The van der Waals surface area contributed by atoms with Crippen molar-refractivity contribution in [3.8, 4) is 5.75 Å². The summed E-state index contributed by atoms with van der Waals surface area (Å²) >= 11 is 0. The Labute approximate surface area is 140 Å². The van der Waals surface area contributed by atoms with Crippen LogP contribution in [0.3, 0.4) is 0 Å². The minimum absolute atomic E-state index is 0.00525. The molecule has 2 aliphatic rings. The van der Waals surface area contributed by atoms with Crippen molar-refractivity contribution in [2.75, 3.05) is 44.4 Å². The number of pyridine rings is 1. The molecule has 6 nitrogen and oxygen atoms in total. The summed E-state index contributed by atoms with van der Waals surface area (Å²) in [7, 11) is 0. The third kappa shape index (κ3) is 2.86. The SMILES string of the molecule is OCCOc1ccc2c(c1)C(c1ccnc(N3CCOCC3)c1)=N2. The van der Waals surface area contributed by atoms with Gasteiger partial charge in [0.05, 0.1) is 31.2 Å². The van der Waals surface area contributed by atoms with Gasteiger partial charge < -0.3 is 19.5 Å². The maximum atomic E-state index is 8.88. The van der Waals surface area contributed by atoms with Gasteiger partial charge in [0.15, 0.2) is 0 Å². The van der Waals surface area contributed by atoms with Crippen molar-refractivity contribution in [1.82, 2.24) is 4.98 Å². The number of aliphatic hydroxyl groups excluding tert-OH is 1. The van der Waals surface area contributed by atoms with Gasteiger partial charge in [0, 0.05) is 30.4 Å². The van der Waals surface area contributed by atoms with Crippen molar-refractivity contribution in [2.24, 2.45) is 4.99 Å². The highest BCUT2D eigenvalue weighted by atomic mass is 16.5. The molecule has 6 heteroatoms. The van der Waals surface area contributed by atoms with Gasteiger partial charge in [0.25, 0.3) is 0 Å². The van der Waals surface area contributed by atoms with Crippen molar-refractivity contribution in [3.63, 3.8) is 0 Å². The molecular formula is C18H19N3O3. The predicted molar refractivity (Wildman–Crippen MR) is 91.6 cm³/mol. The number of aliphatic imine (C=N–C) groups is 1. The molecule has 24 heavy (non-hydrogen) atoms. The second-order valence-electron chi connectivity index (χ2n) is 5.71. The zero-order valence-electron chi connectivity index (χ0n) is 13.3. The summed E-state index contributed by atoms with van der Waals surface area (Å²) in [6, 6.07) is 9.85. The lowest BCUT2D eigenvalue weighted by Crippen LogP contribution is -2.36. The van der Waals surface area contributed by atoms with Gasteiger partial charge in [-0.3, -0.25) is 0 Å². The fourth-order valence-electron chi connectivity index (χ4n) is 2.93. The molecule has 0 unspecified atom stereocenters. The number of anilines is 1. The number of aliphatic hydroxyl groups is 1. The maximum absolute atomic E-state index is 8.88. The van der Waals surface area contributed by atoms with Crippen molar-refractivity contribution in [2.45, 2.75) is 0 Å². The van der Waals surface area contributed by atoms with Gasteiger partial charge >= 0.3 is 0 Å². The van der Waals surface area contributed by atoms with Crippen molar-refractivity contribution < 1.29 is 14.6 Å². The average molecular weight is 325 g/mol. The van der Waals surface area contributed by atoms with E-state index in [9.17, 15) is 0 Å². The van der Waals surface area contributed by atoms with E-state index in [0.717, 1.165) is 60.4 Å². The Kier molecular flexibility index (Phi) is 4.15. The Hall–Kier alpha value is -2.44. The van der Waals surface area contributed by atoms with Gasteiger partial charge in [-0.25, -0.2) is 9.98 Å². The van der Waals surface area contributed by atoms with Gasteiger partial charge in [0.1, 0.15) is 18.2 Å². The van der Waals surface area contributed by atoms with Crippen LogP contribution in [0, 0.1) is 0 Å². The number of fused-ring (bicyclic) bond motifs is 1. The molecule has 2 aliphatic heterocycles. The van der Waals surface area contributed by atoms with Gasteiger partial charge in [-0.1, -0.05) is 0 Å². The van der Waals surface area contributed by atoms with Gasteiger partial charge in [-0.05, 0) is 30.3 Å². The predicted octanol–water partition coefficient (Wildman–Crippen LogP) is 1.77. The molecule has 0 saturated carbocycles. The van der Waals surface area contributed by atoms with Crippen LogP contribution in [-0.4, -0.2) is 55.3 Å². The maximum Gasteiger partial charge on any atom is 0.129 e.